The second-order valence-corrected chi connectivity index (χ2v) is 20.3. The fraction of sp³-hybridized carbons (Fsp3) is 0.206. The quantitative estimate of drug-likeness (QED) is 0.100. The van der Waals surface area contributed by atoms with E-state index in [0.29, 0.717) is 6.61 Å². The first-order chi connectivity index (χ1) is 31.5. The smallest absolute Gasteiger partial charge is 0.128 e. The third-order valence-electron chi connectivity index (χ3n) is 13.9. The summed E-state index contributed by atoms with van der Waals surface area (Å²) >= 11 is 0. The molecule has 0 atom stereocenters. The summed E-state index contributed by atoms with van der Waals surface area (Å²) in [5.74, 6) is 0.954. The molecule has 11 aromatic rings. The minimum Gasteiger partial charge on any atom is -0.493 e. The van der Waals surface area contributed by atoms with Crippen LogP contribution in [0.5, 0.6) is 5.75 Å². The molecule has 0 radical (unpaired) electrons. The molecule has 0 saturated heterocycles. The fourth-order valence-corrected chi connectivity index (χ4v) is 10.4. The minimum absolute atomic E-state index is 0.0231. The molecule has 0 N–H and O–H groups in total. The van der Waals surface area contributed by atoms with Gasteiger partial charge in [0, 0.05) is 22.6 Å². The van der Waals surface area contributed by atoms with Crippen LogP contribution in [0.3, 0.4) is 0 Å². The first-order valence-corrected chi connectivity index (χ1v) is 23.6. The summed E-state index contributed by atoms with van der Waals surface area (Å²) in [5, 5.41) is 15.4. The first kappa shape index (κ1) is 40.8. The molecule has 65 heavy (non-hydrogen) atoms. The van der Waals surface area contributed by atoms with E-state index in [2.05, 4.69) is 223 Å². The number of hydrogen-bond donors (Lipinski definition) is 0. The normalized spacial score (nSPS) is 12.5. The lowest BCUT2D eigenvalue weighted by molar-refractivity contribution is 0.308. The standard InChI is InChI=1S/C63H57NO/c1-8-9-16-33-65-56-38-45-22-21-41-34-46(62(2,3)4)35-42-27-32-53(59(45)57(41)42)60(56)55-39-54(51-30-25-43-36-47(63(5,6)7)37-44-26-31-52(55)61(51)58(43)44)40-23-28-50(29-24-40)64(48-17-12-10-13-18-48)49-19-14-11-15-20-49/h10-15,17-32,34-39H,8-9,16,33H2,1-7H3. The topological polar surface area (TPSA) is 12.5 Å². The monoisotopic (exact) mass is 843 g/mol. The van der Waals surface area contributed by atoms with Crippen LogP contribution in [0.25, 0.3) is 86.9 Å². The van der Waals surface area contributed by atoms with Gasteiger partial charge in [-0.15, -0.1) is 0 Å². The molecular formula is C63H57NO. The highest BCUT2D eigenvalue weighted by atomic mass is 16.5. The Labute approximate surface area is 383 Å². The van der Waals surface area contributed by atoms with Gasteiger partial charge in [-0.2, -0.15) is 0 Å². The molecule has 2 nitrogen and oxygen atoms in total. The molecule has 0 aliphatic heterocycles. The molecule has 0 unspecified atom stereocenters. The number of ether oxygens (including phenoxy) is 1. The van der Waals surface area contributed by atoms with E-state index >= 15 is 0 Å². The van der Waals surface area contributed by atoms with E-state index in [0.717, 1.165) is 42.1 Å². The van der Waals surface area contributed by atoms with Gasteiger partial charge >= 0.3 is 0 Å². The molecule has 0 aliphatic rings. The number of nitrogens with zero attached hydrogens (tertiary/aromatic N) is 1. The Morgan fingerprint density at radius 3 is 1.40 bits per heavy atom. The number of unbranched alkanes of at least 4 members (excludes halogenated alkanes) is 2. The maximum absolute atomic E-state index is 7.02. The predicted octanol–water partition coefficient (Wildman–Crippen LogP) is 18.4. The fourth-order valence-electron chi connectivity index (χ4n) is 10.4. The average Bonchev–Trinajstić information content (AvgIpc) is 3.31. The summed E-state index contributed by atoms with van der Waals surface area (Å²) in [6, 6.07) is 63.9. The van der Waals surface area contributed by atoms with Gasteiger partial charge < -0.3 is 9.64 Å². The van der Waals surface area contributed by atoms with Crippen molar-refractivity contribution in [2.75, 3.05) is 11.5 Å². The van der Waals surface area contributed by atoms with Crippen molar-refractivity contribution in [1.29, 1.82) is 0 Å². The van der Waals surface area contributed by atoms with Crippen LogP contribution in [-0.2, 0) is 10.8 Å². The number of benzene rings is 11. The van der Waals surface area contributed by atoms with Crippen LogP contribution >= 0.6 is 0 Å². The maximum Gasteiger partial charge on any atom is 0.128 e. The first-order valence-electron chi connectivity index (χ1n) is 23.6. The van der Waals surface area contributed by atoms with E-state index in [-0.39, 0.29) is 10.8 Å². The van der Waals surface area contributed by atoms with E-state index in [1.54, 1.807) is 0 Å². The Morgan fingerprint density at radius 2 is 0.877 bits per heavy atom. The van der Waals surface area contributed by atoms with Crippen molar-refractivity contribution in [1.82, 2.24) is 0 Å². The van der Waals surface area contributed by atoms with Crippen LogP contribution in [0.1, 0.15) is 78.9 Å². The summed E-state index contributed by atoms with van der Waals surface area (Å²) in [5.41, 5.74) is 10.9. The van der Waals surface area contributed by atoms with Crippen LogP contribution in [0.4, 0.5) is 17.1 Å². The van der Waals surface area contributed by atoms with Gasteiger partial charge in [-0.25, -0.2) is 0 Å². The Balaban J connectivity index is 1.20. The van der Waals surface area contributed by atoms with Gasteiger partial charge in [0.1, 0.15) is 5.75 Å². The molecule has 0 fully saturated rings. The minimum atomic E-state index is 0.0231. The molecule has 0 bridgehead atoms. The Hall–Kier alpha value is -6.90. The van der Waals surface area contributed by atoms with Crippen molar-refractivity contribution in [3.8, 4) is 28.0 Å². The van der Waals surface area contributed by atoms with Crippen LogP contribution in [-0.4, -0.2) is 6.61 Å². The van der Waals surface area contributed by atoms with Gasteiger partial charge in [0.25, 0.3) is 0 Å². The van der Waals surface area contributed by atoms with Gasteiger partial charge in [-0.3, -0.25) is 0 Å². The number of anilines is 3. The van der Waals surface area contributed by atoms with Crippen molar-refractivity contribution in [3.05, 3.63) is 181 Å². The van der Waals surface area contributed by atoms with E-state index in [4.69, 9.17) is 4.74 Å². The average molecular weight is 844 g/mol. The summed E-state index contributed by atoms with van der Waals surface area (Å²) in [7, 11) is 0. The van der Waals surface area contributed by atoms with Gasteiger partial charge in [0.15, 0.2) is 0 Å². The molecule has 0 spiro atoms. The summed E-state index contributed by atoms with van der Waals surface area (Å²) < 4.78 is 7.02. The third-order valence-corrected chi connectivity index (χ3v) is 13.9. The Morgan fingerprint density at radius 1 is 0.415 bits per heavy atom. The van der Waals surface area contributed by atoms with Crippen LogP contribution in [0.2, 0.25) is 0 Å². The molecule has 0 saturated carbocycles. The van der Waals surface area contributed by atoms with Crippen molar-refractivity contribution >= 4 is 81.7 Å². The van der Waals surface area contributed by atoms with Crippen molar-refractivity contribution in [2.45, 2.75) is 78.6 Å². The third kappa shape index (κ3) is 7.02. The molecule has 0 heterocycles. The highest BCUT2D eigenvalue weighted by Gasteiger charge is 2.25. The van der Waals surface area contributed by atoms with Crippen LogP contribution in [0.15, 0.2) is 170 Å². The molecule has 11 aromatic carbocycles. The highest BCUT2D eigenvalue weighted by Crippen LogP contribution is 2.51. The maximum atomic E-state index is 7.02. The lowest BCUT2D eigenvalue weighted by Gasteiger charge is -2.26. The van der Waals surface area contributed by atoms with Crippen LogP contribution < -0.4 is 9.64 Å². The summed E-state index contributed by atoms with van der Waals surface area (Å²) in [4.78, 5) is 2.34. The molecule has 0 aromatic heterocycles. The molecular weight excluding hydrogens is 787 g/mol. The van der Waals surface area contributed by atoms with Gasteiger partial charge in [0.2, 0.25) is 0 Å². The molecule has 2 heteroatoms. The van der Waals surface area contributed by atoms with E-state index in [9.17, 15) is 0 Å². The molecule has 0 amide bonds. The van der Waals surface area contributed by atoms with Crippen molar-refractivity contribution in [3.63, 3.8) is 0 Å². The number of para-hydroxylation sites is 2. The lowest BCUT2D eigenvalue weighted by Crippen LogP contribution is -2.11. The highest BCUT2D eigenvalue weighted by molar-refractivity contribution is 6.31. The zero-order chi connectivity index (χ0) is 44.6. The number of rotatable bonds is 10. The summed E-state index contributed by atoms with van der Waals surface area (Å²) in [6.07, 6.45) is 3.31. The predicted molar refractivity (Wildman–Crippen MR) is 282 cm³/mol. The van der Waals surface area contributed by atoms with E-state index in [1.165, 1.54) is 98.0 Å². The molecule has 0 aliphatic carbocycles. The lowest BCUT2D eigenvalue weighted by atomic mass is 9.80. The SMILES string of the molecule is CCCCCOc1cc2ccc3cc(C(C)(C)C)cc4ccc(c1-c1cc(-c5ccc(N(c6ccccc6)c6ccccc6)cc5)c5ccc6cc(C(C)(C)C)cc7ccc1c5c67)c2c34. The zero-order valence-electron chi connectivity index (χ0n) is 38.8. The Bertz CT molecular complexity index is 3440. The second kappa shape index (κ2) is 15.7. The number of hydrogen-bond acceptors (Lipinski definition) is 2. The zero-order valence-corrected chi connectivity index (χ0v) is 38.8. The van der Waals surface area contributed by atoms with Gasteiger partial charge in [0.05, 0.1) is 6.61 Å². The van der Waals surface area contributed by atoms with Gasteiger partial charge in [-0.05, 0) is 158 Å². The second-order valence-electron chi connectivity index (χ2n) is 20.3. The molecule has 11 rings (SSSR count). The molecule has 320 valence electrons. The van der Waals surface area contributed by atoms with E-state index < -0.39 is 0 Å². The Kier molecular flexibility index (Phi) is 9.85. The summed E-state index contributed by atoms with van der Waals surface area (Å²) in [6.45, 7) is 16.8. The van der Waals surface area contributed by atoms with Crippen LogP contribution in [0, 0.1) is 0 Å². The van der Waals surface area contributed by atoms with Crippen molar-refractivity contribution < 1.29 is 4.74 Å². The van der Waals surface area contributed by atoms with Crippen molar-refractivity contribution in [2.24, 2.45) is 0 Å². The largest absolute Gasteiger partial charge is 0.493 e. The van der Waals surface area contributed by atoms with E-state index in [1.807, 2.05) is 0 Å². The van der Waals surface area contributed by atoms with Gasteiger partial charge in [-0.1, -0.05) is 183 Å².